The van der Waals surface area contributed by atoms with Gasteiger partial charge in [-0.25, -0.2) is 0 Å². The Labute approximate surface area is 164 Å². The Kier molecular flexibility index (Phi) is 6.24. The van der Waals surface area contributed by atoms with E-state index in [1.165, 1.54) is 11.8 Å². The molecular weight excluding hydrogens is 395 g/mol. The second-order valence-corrected chi connectivity index (χ2v) is 7.25. The molecule has 3 aromatic rings. The molecule has 1 amide bonds. The molecule has 0 bridgehead atoms. The number of hydrogen-bond acceptors (Lipinski definition) is 5. The van der Waals surface area contributed by atoms with Crippen molar-refractivity contribution in [3.05, 3.63) is 46.6 Å². The molecule has 0 radical (unpaired) electrons. The zero-order valence-corrected chi connectivity index (χ0v) is 16.2. The SMILES string of the molecule is CCCn1c(SCC(=O)Nc2cc(Cl)cc(Cl)c2)nnc1-c1ccco1. The summed E-state index contributed by atoms with van der Waals surface area (Å²) in [6, 6.07) is 8.53. The summed E-state index contributed by atoms with van der Waals surface area (Å²) in [5.41, 5.74) is 0.555. The molecule has 0 unspecified atom stereocenters. The predicted octanol–water partition coefficient (Wildman–Crippen LogP) is 4.99. The van der Waals surface area contributed by atoms with Crippen LogP contribution in [0.5, 0.6) is 0 Å². The highest BCUT2D eigenvalue weighted by molar-refractivity contribution is 7.99. The third kappa shape index (κ3) is 4.60. The van der Waals surface area contributed by atoms with Crippen LogP contribution in [0.25, 0.3) is 11.6 Å². The molecule has 0 saturated heterocycles. The van der Waals surface area contributed by atoms with Crippen LogP contribution in [0.2, 0.25) is 10.0 Å². The number of furan rings is 1. The van der Waals surface area contributed by atoms with Gasteiger partial charge in [0.2, 0.25) is 5.91 Å². The van der Waals surface area contributed by atoms with Gasteiger partial charge in [0.25, 0.3) is 0 Å². The summed E-state index contributed by atoms with van der Waals surface area (Å²) < 4.78 is 7.36. The number of nitrogens with one attached hydrogen (secondary N) is 1. The van der Waals surface area contributed by atoms with Gasteiger partial charge < -0.3 is 9.73 Å². The summed E-state index contributed by atoms with van der Waals surface area (Å²) in [4.78, 5) is 12.2. The fourth-order valence-corrected chi connectivity index (χ4v) is 3.65. The van der Waals surface area contributed by atoms with E-state index >= 15 is 0 Å². The molecule has 0 aliphatic rings. The van der Waals surface area contributed by atoms with Crippen molar-refractivity contribution in [3.63, 3.8) is 0 Å². The summed E-state index contributed by atoms with van der Waals surface area (Å²) >= 11 is 13.2. The lowest BCUT2D eigenvalue weighted by Crippen LogP contribution is -2.14. The second kappa shape index (κ2) is 8.62. The number of amides is 1. The summed E-state index contributed by atoms with van der Waals surface area (Å²) in [6.07, 6.45) is 2.50. The number of carbonyl (C=O) groups excluding carboxylic acids is 1. The molecule has 0 fully saturated rings. The molecule has 6 nitrogen and oxygen atoms in total. The van der Waals surface area contributed by atoms with Gasteiger partial charge in [-0.05, 0) is 36.8 Å². The summed E-state index contributed by atoms with van der Waals surface area (Å²) in [5, 5.41) is 12.8. The Bertz CT molecular complexity index is 876. The maximum absolute atomic E-state index is 12.2. The largest absolute Gasteiger partial charge is 0.461 e. The molecule has 0 spiro atoms. The van der Waals surface area contributed by atoms with E-state index in [2.05, 4.69) is 22.4 Å². The van der Waals surface area contributed by atoms with Crippen molar-refractivity contribution >= 4 is 46.6 Å². The summed E-state index contributed by atoms with van der Waals surface area (Å²) in [6.45, 7) is 2.80. The lowest BCUT2D eigenvalue weighted by Gasteiger charge is -2.08. The number of carbonyl (C=O) groups is 1. The van der Waals surface area contributed by atoms with Crippen LogP contribution in [0.4, 0.5) is 5.69 Å². The Balaban J connectivity index is 1.68. The monoisotopic (exact) mass is 410 g/mol. The third-order valence-electron chi connectivity index (χ3n) is 3.38. The lowest BCUT2D eigenvalue weighted by atomic mass is 10.3. The number of anilines is 1. The van der Waals surface area contributed by atoms with E-state index in [-0.39, 0.29) is 11.7 Å². The standard InChI is InChI=1S/C17H16Cl2N4O2S/c1-2-5-23-16(14-4-3-6-25-14)21-22-17(23)26-10-15(24)20-13-8-11(18)7-12(19)9-13/h3-4,6-9H,2,5,10H2,1H3,(H,20,24). The van der Waals surface area contributed by atoms with Crippen LogP contribution in [-0.4, -0.2) is 26.4 Å². The quantitative estimate of drug-likeness (QED) is 0.555. The molecule has 1 N–H and O–H groups in total. The Morgan fingerprint density at radius 3 is 2.69 bits per heavy atom. The Hall–Kier alpha value is -1.96. The molecule has 0 atom stereocenters. The number of hydrogen-bond donors (Lipinski definition) is 1. The van der Waals surface area contributed by atoms with E-state index in [1.54, 1.807) is 30.5 Å². The van der Waals surface area contributed by atoms with Gasteiger partial charge in [-0.2, -0.15) is 0 Å². The molecule has 0 aliphatic carbocycles. The Morgan fingerprint density at radius 1 is 1.27 bits per heavy atom. The first-order chi connectivity index (χ1) is 12.6. The zero-order valence-electron chi connectivity index (χ0n) is 13.9. The predicted molar refractivity (Wildman–Crippen MR) is 104 cm³/mol. The van der Waals surface area contributed by atoms with Crippen molar-refractivity contribution in [2.75, 3.05) is 11.1 Å². The van der Waals surface area contributed by atoms with Crippen molar-refractivity contribution < 1.29 is 9.21 Å². The van der Waals surface area contributed by atoms with Gasteiger partial charge in [-0.1, -0.05) is 41.9 Å². The minimum Gasteiger partial charge on any atom is -0.461 e. The van der Waals surface area contributed by atoms with E-state index in [4.69, 9.17) is 27.6 Å². The zero-order chi connectivity index (χ0) is 18.5. The smallest absolute Gasteiger partial charge is 0.234 e. The van der Waals surface area contributed by atoms with Crippen LogP contribution in [-0.2, 0) is 11.3 Å². The maximum Gasteiger partial charge on any atom is 0.234 e. The van der Waals surface area contributed by atoms with Crippen molar-refractivity contribution in [3.8, 4) is 11.6 Å². The van der Waals surface area contributed by atoms with Gasteiger partial charge in [0.1, 0.15) is 0 Å². The summed E-state index contributed by atoms with van der Waals surface area (Å²) in [5.74, 6) is 1.31. The molecule has 9 heteroatoms. The van der Waals surface area contributed by atoms with Crippen LogP contribution in [0.3, 0.4) is 0 Å². The maximum atomic E-state index is 12.2. The minimum atomic E-state index is -0.182. The van der Waals surface area contributed by atoms with Gasteiger partial charge in [0, 0.05) is 22.3 Å². The highest BCUT2D eigenvalue weighted by atomic mass is 35.5. The van der Waals surface area contributed by atoms with Gasteiger partial charge >= 0.3 is 0 Å². The number of halogens is 2. The highest BCUT2D eigenvalue weighted by Crippen LogP contribution is 2.26. The highest BCUT2D eigenvalue weighted by Gasteiger charge is 2.17. The van der Waals surface area contributed by atoms with Crippen LogP contribution in [0.1, 0.15) is 13.3 Å². The molecule has 3 rings (SSSR count). The van der Waals surface area contributed by atoms with Crippen LogP contribution in [0, 0.1) is 0 Å². The molecule has 1 aromatic carbocycles. The third-order valence-corrected chi connectivity index (χ3v) is 4.79. The molecular formula is C17H16Cl2N4O2S. The molecule has 0 aliphatic heterocycles. The van der Waals surface area contributed by atoms with E-state index < -0.39 is 0 Å². The fourth-order valence-electron chi connectivity index (χ4n) is 2.36. The first-order valence-electron chi connectivity index (χ1n) is 7.92. The topological polar surface area (TPSA) is 73.0 Å². The number of nitrogens with zero attached hydrogens (tertiary/aromatic N) is 3. The van der Waals surface area contributed by atoms with Crippen molar-refractivity contribution in [2.24, 2.45) is 0 Å². The number of aromatic nitrogens is 3. The molecule has 2 heterocycles. The van der Waals surface area contributed by atoms with Crippen molar-refractivity contribution in [1.82, 2.24) is 14.8 Å². The van der Waals surface area contributed by atoms with Crippen molar-refractivity contribution in [1.29, 1.82) is 0 Å². The average Bonchev–Trinajstić information content (AvgIpc) is 3.22. The van der Waals surface area contributed by atoms with Gasteiger partial charge in [-0.15, -0.1) is 10.2 Å². The lowest BCUT2D eigenvalue weighted by molar-refractivity contribution is -0.113. The van der Waals surface area contributed by atoms with E-state index in [0.29, 0.717) is 32.5 Å². The van der Waals surface area contributed by atoms with Gasteiger partial charge in [0.15, 0.2) is 16.7 Å². The van der Waals surface area contributed by atoms with E-state index in [9.17, 15) is 4.79 Å². The number of rotatable bonds is 7. The van der Waals surface area contributed by atoms with Crippen LogP contribution in [0.15, 0.2) is 46.2 Å². The number of thioether (sulfide) groups is 1. The molecule has 0 saturated carbocycles. The average molecular weight is 411 g/mol. The first-order valence-corrected chi connectivity index (χ1v) is 9.66. The fraction of sp³-hybridized carbons (Fsp3) is 0.235. The van der Waals surface area contributed by atoms with Gasteiger partial charge in [-0.3, -0.25) is 9.36 Å². The summed E-state index contributed by atoms with van der Waals surface area (Å²) in [7, 11) is 0. The van der Waals surface area contributed by atoms with Gasteiger partial charge in [0.05, 0.1) is 12.0 Å². The Morgan fingerprint density at radius 2 is 2.04 bits per heavy atom. The molecule has 26 heavy (non-hydrogen) atoms. The van der Waals surface area contributed by atoms with E-state index in [0.717, 1.165) is 13.0 Å². The molecule has 2 aromatic heterocycles. The van der Waals surface area contributed by atoms with E-state index in [1.807, 2.05) is 10.6 Å². The van der Waals surface area contributed by atoms with Crippen LogP contribution < -0.4 is 5.32 Å². The first kappa shape index (κ1) is 18.8. The molecule has 136 valence electrons. The number of benzene rings is 1. The van der Waals surface area contributed by atoms with Crippen molar-refractivity contribution in [2.45, 2.75) is 25.0 Å². The van der Waals surface area contributed by atoms with Crippen LogP contribution >= 0.6 is 35.0 Å². The normalized spacial score (nSPS) is 10.9. The minimum absolute atomic E-state index is 0.182. The second-order valence-electron chi connectivity index (χ2n) is 5.43.